The van der Waals surface area contributed by atoms with Crippen molar-refractivity contribution < 1.29 is 19.4 Å². The molecule has 0 saturated heterocycles. The van der Waals surface area contributed by atoms with E-state index in [9.17, 15) is 14.7 Å². The fraction of sp³-hybridized carbons (Fsp3) is 0.129. The first kappa shape index (κ1) is 22.7. The molecular weight excluding hydrogens is 464 g/mol. The SMILES string of the molecule is Cc1[nH]c2ccccc2c1C(=O)COC(=O)c1c2c(nc3ccccc13)/C(=C/c1ccc(O)cc1)CC2. The number of allylic oxidation sites excluding steroid dienone is 1. The Morgan fingerprint density at radius 2 is 1.68 bits per heavy atom. The Morgan fingerprint density at radius 1 is 0.946 bits per heavy atom. The highest BCUT2D eigenvalue weighted by Gasteiger charge is 2.28. The third-order valence-corrected chi connectivity index (χ3v) is 6.89. The van der Waals surface area contributed by atoms with E-state index in [0.717, 1.165) is 45.4 Å². The lowest BCUT2D eigenvalue weighted by Gasteiger charge is -2.12. The number of carbonyl (C=O) groups excluding carboxylic acids is 2. The van der Waals surface area contributed by atoms with Crippen molar-refractivity contribution in [2.45, 2.75) is 19.8 Å². The standard InChI is InChI=1S/C31H24N2O4/c1-18-28(22-6-2-4-8-25(22)32-18)27(35)17-37-31(36)29-23-7-3-5-9-26(23)33-30-20(12-15-24(29)30)16-19-10-13-21(34)14-11-19/h2-11,13-14,16,32,34H,12,15,17H2,1H3/b20-16+. The van der Waals surface area contributed by atoms with Crippen LogP contribution in [0.1, 0.15) is 49.7 Å². The van der Waals surface area contributed by atoms with E-state index < -0.39 is 5.97 Å². The Morgan fingerprint density at radius 3 is 2.49 bits per heavy atom. The predicted molar refractivity (Wildman–Crippen MR) is 144 cm³/mol. The number of fused-ring (bicyclic) bond motifs is 3. The number of pyridine rings is 1. The number of hydrogen-bond donors (Lipinski definition) is 2. The van der Waals surface area contributed by atoms with Crippen LogP contribution in [0.4, 0.5) is 0 Å². The number of ketones is 1. The zero-order valence-electron chi connectivity index (χ0n) is 20.2. The van der Waals surface area contributed by atoms with Crippen molar-refractivity contribution in [3.63, 3.8) is 0 Å². The number of phenols is 1. The van der Waals surface area contributed by atoms with Gasteiger partial charge in [0.2, 0.25) is 5.78 Å². The third kappa shape index (κ3) is 4.06. The molecule has 0 amide bonds. The van der Waals surface area contributed by atoms with Crippen LogP contribution in [0.15, 0.2) is 72.8 Å². The third-order valence-electron chi connectivity index (χ3n) is 6.89. The van der Waals surface area contributed by atoms with Gasteiger partial charge in [-0.25, -0.2) is 9.78 Å². The number of nitrogens with one attached hydrogen (secondary N) is 1. The molecule has 6 rings (SSSR count). The fourth-order valence-electron chi connectivity index (χ4n) is 5.20. The summed E-state index contributed by atoms with van der Waals surface area (Å²) in [6.45, 7) is 1.50. The number of Topliss-reactive ketones (excluding diaryl/α,β-unsaturated/α-hetero) is 1. The molecule has 0 atom stereocenters. The number of esters is 1. The van der Waals surface area contributed by atoms with Gasteiger partial charge in [0.25, 0.3) is 0 Å². The molecule has 2 heterocycles. The van der Waals surface area contributed by atoms with Gasteiger partial charge in [-0.1, -0.05) is 48.5 Å². The van der Waals surface area contributed by atoms with Crippen LogP contribution in [0.25, 0.3) is 33.5 Å². The zero-order valence-corrected chi connectivity index (χ0v) is 20.2. The minimum Gasteiger partial charge on any atom is -0.508 e. The van der Waals surface area contributed by atoms with Crippen LogP contribution in [0, 0.1) is 6.92 Å². The monoisotopic (exact) mass is 488 g/mol. The van der Waals surface area contributed by atoms with Gasteiger partial charge in [0, 0.05) is 27.5 Å². The number of aryl methyl sites for hydroxylation is 1. The summed E-state index contributed by atoms with van der Waals surface area (Å²) in [7, 11) is 0. The molecule has 0 radical (unpaired) electrons. The molecule has 1 aliphatic carbocycles. The molecule has 182 valence electrons. The number of aromatic amines is 1. The highest BCUT2D eigenvalue weighted by atomic mass is 16.5. The van der Waals surface area contributed by atoms with Gasteiger partial charge in [0.1, 0.15) is 5.75 Å². The average Bonchev–Trinajstić information content (AvgIpc) is 3.46. The molecule has 6 nitrogen and oxygen atoms in total. The van der Waals surface area contributed by atoms with Crippen molar-refractivity contribution in [3.8, 4) is 5.75 Å². The molecule has 0 spiro atoms. The smallest absolute Gasteiger partial charge is 0.339 e. The molecule has 5 aromatic rings. The maximum Gasteiger partial charge on any atom is 0.339 e. The van der Waals surface area contributed by atoms with Crippen molar-refractivity contribution in [1.29, 1.82) is 0 Å². The van der Waals surface area contributed by atoms with E-state index >= 15 is 0 Å². The van der Waals surface area contributed by atoms with Crippen LogP contribution < -0.4 is 0 Å². The van der Waals surface area contributed by atoms with Gasteiger partial charge in [-0.3, -0.25) is 4.79 Å². The molecule has 3 aromatic carbocycles. The molecule has 0 aliphatic heterocycles. The number of nitrogens with zero attached hydrogens (tertiary/aromatic N) is 1. The number of carbonyl (C=O) groups is 2. The Kier molecular flexibility index (Phi) is 5.57. The second-order valence-electron chi connectivity index (χ2n) is 9.26. The number of aromatic hydroxyl groups is 1. The highest BCUT2D eigenvalue weighted by molar-refractivity contribution is 6.12. The zero-order chi connectivity index (χ0) is 25.5. The van der Waals surface area contributed by atoms with E-state index in [4.69, 9.17) is 9.72 Å². The van der Waals surface area contributed by atoms with Crippen LogP contribution in [-0.2, 0) is 11.2 Å². The highest BCUT2D eigenvalue weighted by Crippen LogP contribution is 2.38. The molecule has 2 N–H and O–H groups in total. The number of aromatic nitrogens is 2. The minimum absolute atomic E-state index is 0.209. The van der Waals surface area contributed by atoms with E-state index in [2.05, 4.69) is 4.98 Å². The number of H-pyrrole nitrogens is 1. The first-order valence-electron chi connectivity index (χ1n) is 12.2. The maximum absolute atomic E-state index is 13.5. The number of hydrogen-bond acceptors (Lipinski definition) is 5. The molecule has 37 heavy (non-hydrogen) atoms. The minimum atomic E-state index is -0.522. The molecule has 2 aromatic heterocycles. The van der Waals surface area contributed by atoms with Gasteiger partial charge in [-0.15, -0.1) is 0 Å². The Labute approximate surface area is 213 Å². The second kappa shape index (κ2) is 9.06. The van der Waals surface area contributed by atoms with Gasteiger partial charge in [0.05, 0.1) is 16.8 Å². The van der Waals surface area contributed by atoms with E-state index in [1.165, 1.54) is 0 Å². The summed E-state index contributed by atoms with van der Waals surface area (Å²) in [5.41, 5.74) is 6.92. The molecule has 0 bridgehead atoms. The van der Waals surface area contributed by atoms with Gasteiger partial charge < -0.3 is 14.8 Å². The second-order valence-corrected chi connectivity index (χ2v) is 9.26. The summed E-state index contributed by atoms with van der Waals surface area (Å²) in [5, 5.41) is 11.1. The van der Waals surface area contributed by atoms with Crippen molar-refractivity contribution >= 4 is 45.2 Å². The molecule has 0 saturated carbocycles. The largest absolute Gasteiger partial charge is 0.508 e. The normalized spacial score (nSPS) is 13.8. The predicted octanol–water partition coefficient (Wildman–Crippen LogP) is 6.26. The van der Waals surface area contributed by atoms with E-state index in [-0.39, 0.29) is 18.1 Å². The van der Waals surface area contributed by atoms with Crippen LogP contribution in [0.3, 0.4) is 0 Å². The van der Waals surface area contributed by atoms with Crippen LogP contribution >= 0.6 is 0 Å². The summed E-state index contributed by atoms with van der Waals surface area (Å²) in [6, 6.07) is 22.1. The average molecular weight is 489 g/mol. The topological polar surface area (TPSA) is 92.3 Å². The Bertz CT molecular complexity index is 1730. The van der Waals surface area contributed by atoms with Crippen molar-refractivity contribution in [1.82, 2.24) is 9.97 Å². The summed E-state index contributed by atoms with van der Waals surface area (Å²) in [6.07, 6.45) is 3.41. The molecule has 1 aliphatic rings. The van der Waals surface area contributed by atoms with Gasteiger partial charge >= 0.3 is 5.97 Å². The number of para-hydroxylation sites is 2. The fourth-order valence-corrected chi connectivity index (χ4v) is 5.20. The number of benzene rings is 3. The lowest BCUT2D eigenvalue weighted by molar-refractivity contribution is 0.0476. The van der Waals surface area contributed by atoms with Crippen LogP contribution in [0.2, 0.25) is 0 Å². The summed E-state index contributed by atoms with van der Waals surface area (Å²) in [4.78, 5) is 34.7. The van der Waals surface area contributed by atoms with Gasteiger partial charge in [-0.2, -0.15) is 0 Å². The molecule has 6 heteroatoms. The molecule has 0 fully saturated rings. The summed E-state index contributed by atoms with van der Waals surface area (Å²) < 4.78 is 5.64. The van der Waals surface area contributed by atoms with Crippen molar-refractivity contribution in [3.05, 3.63) is 106 Å². The lowest BCUT2D eigenvalue weighted by Crippen LogP contribution is -2.17. The van der Waals surface area contributed by atoms with E-state index in [0.29, 0.717) is 28.5 Å². The van der Waals surface area contributed by atoms with Gasteiger partial charge in [-0.05, 0) is 66.8 Å². The lowest BCUT2D eigenvalue weighted by atomic mass is 10.0. The van der Waals surface area contributed by atoms with E-state index in [1.807, 2.05) is 73.7 Å². The molecule has 0 unspecified atom stereocenters. The van der Waals surface area contributed by atoms with Crippen molar-refractivity contribution in [2.24, 2.45) is 0 Å². The first-order chi connectivity index (χ1) is 18.0. The number of rotatable bonds is 5. The summed E-state index contributed by atoms with van der Waals surface area (Å²) >= 11 is 0. The number of phenolic OH excluding ortho intramolecular Hbond substituents is 1. The first-order valence-corrected chi connectivity index (χ1v) is 12.2. The maximum atomic E-state index is 13.5. The van der Waals surface area contributed by atoms with E-state index in [1.54, 1.807) is 12.1 Å². The van der Waals surface area contributed by atoms with Crippen molar-refractivity contribution in [2.75, 3.05) is 6.61 Å². The quantitative estimate of drug-likeness (QED) is 0.225. The molecular formula is C31H24N2O4. The number of ether oxygens (including phenoxy) is 1. The van der Waals surface area contributed by atoms with Gasteiger partial charge in [0.15, 0.2) is 6.61 Å². The Hall–Kier alpha value is -4.71. The Balaban J connectivity index is 1.34. The van der Waals surface area contributed by atoms with Crippen LogP contribution in [0.5, 0.6) is 5.75 Å². The van der Waals surface area contributed by atoms with Crippen LogP contribution in [-0.4, -0.2) is 33.4 Å². The summed E-state index contributed by atoms with van der Waals surface area (Å²) in [5.74, 6) is -0.557.